The summed E-state index contributed by atoms with van der Waals surface area (Å²) in [5, 5.41) is 17.7. The van der Waals surface area contributed by atoms with Crippen molar-refractivity contribution in [3.8, 4) is 0 Å². The normalized spacial score (nSPS) is 11.4. The van der Waals surface area contributed by atoms with Gasteiger partial charge in [-0.05, 0) is 17.1 Å². The molecule has 0 fully saturated rings. The third-order valence-corrected chi connectivity index (χ3v) is 2.17. The Hall–Kier alpha value is -1.54. The Labute approximate surface area is 95.1 Å². The molecule has 0 atom stereocenters. The number of aliphatic hydroxyl groups excluding tert-OH is 1. The lowest BCUT2D eigenvalue weighted by Gasteiger charge is -2.15. The summed E-state index contributed by atoms with van der Waals surface area (Å²) in [5.41, 5.74) is 2.48. The molecule has 1 amide bonds. The Morgan fingerprint density at radius 1 is 1.41 bits per heavy atom. The monoisotopic (exact) mass is 246 g/mol. The van der Waals surface area contributed by atoms with E-state index < -0.39 is 35.4 Å². The van der Waals surface area contributed by atoms with Crippen molar-refractivity contribution in [2.24, 2.45) is 5.73 Å². The molecular formula is C9H8BF3NO3. The first-order chi connectivity index (χ1) is 7.81. The maximum Gasteiger partial charge on any atom is 0.416 e. The molecule has 0 saturated heterocycles. The van der Waals surface area contributed by atoms with Gasteiger partial charge < -0.3 is 15.9 Å². The molecule has 0 aliphatic rings. The van der Waals surface area contributed by atoms with Gasteiger partial charge in [-0.15, -0.1) is 0 Å². The molecule has 1 aromatic carbocycles. The van der Waals surface area contributed by atoms with Gasteiger partial charge in [0.2, 0.25) is 5.91 Å². The maximum absolute atomic E-state index is 12.6. The Bertz CT molecular complexity index is 448. The first-order valence-corrected chi connectivity index (χ1v) is 4.43. The zero-order valence-corrected chi connectivity index (χ0v) is 8.45. The van der Waals surface area contributed by atoms with Crippen molar-refractivity contribution in [1.82, 2.24) is 0 Å². The van der Waals surface area contributed by atoms with Crippen LogP contribution in [0.2, 0.25) is 0 Å². The molecule has 91 valence electrons. The highest BCUT2D eigenvalue weighted by atomic mass is 19.4. The van der Waals surface area contributed by atoms with E-state index in [2.05, 4.69) is 0 Å². The number of benzene rings is 1. The molecule has 0 spiro atoms. The molecule has 1 radical (unpaired) electrons. The van der Waals surface area contributed by atoms with Gasteiger partial charge in [0.15, 0.2) is 0 Å². The first kappa shape index (κ1) is 13.5. The van der Waals surface area contributed by atoms with Crippen LogP contribution in [0.4, 0.5) is 13.2 Å². The minimum absolute atomic E-state index is 0.295. The Balaban J connectivity index is 3.54. The van der Waals surface area contributed by atoms with E-state index in [9.17, 15) is 18.0 Å². The molecular weight excluding hydrogens is 238 g/mol. The van der Waals surface area contributed by atoms with E-state index in [4.69, 9.17) is 15.9 Å². The fourth-order valence-electron chi connectivity index (χ4n) is 1.38. The summed E-state index contributed by atoms with van der Waals surface area (Å²) in [6.07, 6.45) is -4.75. The van der Waals surface area contributed by atoms with Crippen molar-refractivity contribution in [3.63, 3.8) is 0 Å². The number of hydrogen-bond acceptors (Lipinski definition) is 3. The van der Waals surface area contributed by atoms with Crippen LogP contribution in [0.3, 0.4) is 0 Å². The highest BCUT2D eigenvalue weighted by molar-refractivity contribution is 6.46. The number of hydrogen-bond donors (Lipinski definition) is 3. The number of primary amides is 1. The summed E-state index contributed by atoms with van der Waals surface area (Å²) in [6, 6.07) is 1.52. The average molecular weight is 246 g/mol. The van der Waals surface area contributed by atoms with Crippen LogP contribution in [-0.2, 0) is 12.8 Å². The van der Waals surface area contributed by atoms with Crippen LogP contribution < -0.4 is 11.2 Å². The maximum atomic E-state index is 12.6. The number of halogens is 3. The number of carbonyl (C=O) groups excluding carboxylic acids is 1. The lowest BCUT2D eigenvalue weighted by molar-refractivity contribution is -0.138. The largest absolute Gasteiger partial charge is 0.450 e. The van der Waals surface area contributed by atoms with Crippen LogP contribution in [0.5, 0.6) is 0 Å². The topological polar surface area (TPSA) is 83.6 Å². The van der Waals surface area contributed by atoms with Gasteiger partial charge in [-0.1, -0.05) is 6.07 Å². The third kappa shape index (κ3) is 2.77. The summed E-state index contributed by atoms with van der Waals surface area (Å²) in [4.78, 5) is 10.8. The van der Waals surface area contributed by atoms with Crippen molar-refractivity contribution in [2.75, 3.05) is 0 Å². The van der Waals surface area contributed by atoms with E-state index in [0.29, 0.717) is 13.5 Å². The van der Waals surface area contributed by atoms with Gasteiger partial charge in [-0.2, -0.15) is 13.2 Å². The SMILES string of the molecule is NC(=O)c1cc([B]O)c(CO)c(C(F)(F)F)c1. The summed E-state index contributed by atoms with van der Waals surface area (Å²) in [5.74, 6) is -1.05. The Morgan fingerprint density at radius 3 is 2.35 bits per heavy atom. The fraction of sp³-hybridized carbons (Fsp3) is 0.222. The highest BCUT2D eigenvalue weighted by Crippen LogP contribution is 2.32. The predicted octanol–water partition coefficient (Wildman–Crippen LogP) is -0.467. The van der Waals surface area contributed by atoms with E-state index in [-0.39, 0.29) is 5.46 Å². The fourth-order valence-corrected chi connectivity index (χ4v) is 1.38. The van der Waals surface area contributed by atoms with E-state index in [0.717, 1.165) is 6.07 Å². The summed E-state index contributed by atoms with van der Waals surface area (Å²) >= 11 is 0. The number of rotatable bonds is 3. The number of carbonyl (C=O) groups is 1. The van der Waals surface area contributed by atoms with Gasteiger partial charge >= 0.3 is 13.7 Å². The van der Waals surface area contributed by atoms with Crippen LogP contribution >= 0.6 is 0 Å². The number of alkyl halides is 3. The summed E-state index contributed by atoms with van der Waals surface area (Å²) in [7, 11) is 0.382. The molecule has 17 heavy (non-hydrogen) atoms. The molecule has 0 saturated carbocycles. The third-order valence-electron chi connectivity index (χ3n) is 2.17. The predicted molar refractivity (Wildman–Crippen MR) is 53.5 cm³/mol. The molecule has 4 N–H and O–H groups in total. The minimum Gasteiger partial charge on any atom is -0.450 e. The average Bonchev–Trinajstić information content (AvgIpc) is 2.25. The number of nitrogens with two attached hydrogens (primary N) is 1. The lowest BCUT2D eigenvalue weighted by Crippen LogP contribution is -2.27. The molecule has 1 aromatic rings. The van der Waals surface area contributed by atoms with Crippen LogP contribution in [-0.4, -0.2) is 23.5 Å². The first-order valence-electron chi connectivity index (χ1n) is 4.43. The van der Waals surface area contributed by atoms with Crippen LogP contribution in [0.1, 0.15) is 21.5 Å². The second kappa shape index (κ2) is 4.76. The molecule has 0 aliphatic heterocycles. The van der Waals surface area contributed by atoms with Gasteiger partial charge in [0, 0.05) is 5.56 Å². The van der Waals surface area contributed by atoms with E-state index >= 15 is 0 Å². The van der Waals surface area contributed by atoms with Gasteiger partial charge in [0.05, 0.1) is 12.2 Å². The molecule has 0 unspecified atom stereocenters. The van der Waals surface area contributed by atoms with Gasteiger partial charge in [0.1, 0.15) is 0 Å². The Morgan fingerprint density at radius 2 is 2.00 bits per heavy atom. The molecule has 8 heteroatoms. The van der Waals surface area contributed by atoms with Crippen molar-refractivity contribution in [2.45, 2.75) is 12.8 Å². The van der Waals surface area contributed by atoms with E-state index in [1.54, 1.807) is 0 Å². The van der Waals surface area contributed by atoms with Crippen LogP contribution in [0.15, 0.2) is 12.1 Å². The second-order valence-corrected chi connectivity index (χ2v) is 3.24. The van der Waals surface area contributed by atoms with Gasteiger partial charge in [-0.3, -0.25) is 4.79 Å². The quantitative estimate of drug-likeness (QED) is 0.630. The van der Waals surface area contributed by atoms with Crippen LogP contribution in [0.25, 0.3) is 0 Å². The van der Waals surface area contributed by atoms with E-state index in [1.807, 2.05) is 0 Å². The van der Waals surface area contributed by atoms with Crippen molar-refractivity contribution >= 4 is 18.9 Å². The number of amides is 1. The molecule has 4 nitrogen and oxygen atoms in total. The molecule has 0 bridgehead atoms. The lowest BCUT2D eigenvalue weighted by atomic mass is 9.81. The summed E-state index contributed by atoms with van der Waals surface area (Å²) < 4.78 is 37.9. The van der Waals surface area contributed by atoms with Crippen molar-refractivity contribution in [3.05, 3.63) is 28.8 Å². The minimum atomic E-state index is -4.75. The standard InChI is InChI=1S/C9H8BF3NO3/c11-9(12,13)6-1-4(8(14)16)2-7(10-17)5(6)3-15/h1-2,15,17H,3H2,(H2,14,16). The zero-order chi connectivity index (χ0) is 13.2. The second-order valence-electron chi connectivity index (χ2n) is 3.24. The number of aliphatic hydroxyl groups is 1. The van der Waals surface area contributed by atoms with Crippen molar-refractivity contribution < 1.29 is 28.1 Å². The molecule has 0 aliphatic carbocycles. The molecule has 0 heterocycles. The van der Waals surface area contributed by atoms with Gasteiger partial charge in [-0.25, -0.2) is 0 Å². The molecule has 1 rings (SSSR count). The summed E-state index contributed by atoms with van der Waals surface area (Å²) in [6.45, 7) is -0.916. The smallest absolute Gasteiger partial charge is 0.416 e. The molecule has 0 aromatic heterocycles. The zero-order valence-electron chi connectivity index (χ0n) is 8.45. The van der Waals surface area contributed by atoms with E-state index in [1.165, 1.54) is 0 Å². The highest BCUT2D eigenvalue weighted by Gasteiger charge is 2.35. The van der Waals surface area contributed by atoms with Crippen molar-refractivity contribution in [1.29, 1.82) is 0 Å². The van der Waals surface area contributed by atoms with Crippen LogP contribution in [0, 0.1) is 0 Å². The Kier molecular flexibility index (Phi) is 3.79. The van der Waals surface area contributed by atoms with Gasteiger partial charge in [0.25, 0.3) is 0 Å².